The molecule has 1 unspecified atom stereocenters. The highest BCUT2D eigenvalue weighted by Crippen LogP contribution is 2.04. The lowest BCUT2D eigenvalue weighted by atomic mass is 10.1. The molecular weight excluding hydrogens is 248 g/mol. The topological polar surface area (TPSA) is 82.8 Å². The molecule has 0 saturated heterocycles. The first-order valence-electron chi connectivity index (χ1n) is 6.27. The van der Waals surface area contributed by atoms with Gasteiger partial charge in [0.2, 0.25) is 5.91 Å². The van der Waals surface area contributed by atoms with Crippen LogP contribution in [-0.4, -0.2) is 41.5 Å². The van der Waals surface area contributed by atoms with Crippen molar-refractivity contribution < 1.29 is 19.1 Å². The summed E-state index contributed by atoms with van der Waals surface area (Å²) in [7, 11) is 1.65. The van der Waals surface area contributed by atoms with E-state index in [1.165, 1.54) is 4.90 Å². The second-order valence-electron chi connectivity index (χ2n) is 4.39. The Hall–Kier alpha value is -1.82. The van der Waals surface area contributed by atoms with Gasteiger partial charge in [0.1, 0.15) is 11.8 Å². The summed E-state index contributed by atoms with van der Waals surface area (Å²) in [6.45, 7) is 2.29. The number of carbonyl (C=O) groups is 2. The predicted molar refractivity (Wildman–Crippen MR) is 69.5 cm³/mol. The zero-order chi connectivity index (χ0) is 14.3. The number of furan rings is 1. The van der Waals surface area contributed by atoms with Crippen molar-refractivity contribution in [1.29, 1.82) is 0 Å². The number of likely N-dealkylation sites (N-methyl/N-ethyl adjacent to an activating group) is 1. The van der Waals surface area contributed by atoms with Crippen LogP contribution in [0.15, 0.2) is 22.8 Å². The van der Waals surface area contributed by atoms with Crippen molar-refractivity contribution in [3.05, 3.63) is 24.2 Å². The average molecular weight is 268 g/mol. The van der Waals surface area contributed by atoms with E-state index in [4.69, 9.17) is 9.52 Å². The molecule has 1 amide bonds. The van der Waals surface area contributed by atoms with Crippen LogP contribution in [0.4, 0.5) is 0 Å². The highest BCUT2D eigenvalue weighted by molar-refractivity contribution is 5.79. The van der Waals surface area contributed by atoms with Crippen LogP contribution in [0.2, 0.25) is 0 Å². The van der Waals surface area contributed by atoms with Gasteiger partial charge in [-0.3, -0.25) is 14.9 Å². The fraction of sp³-hybridized carbons (Fsp3) is 0.538. The van der Waals surface area contributed by atoms with Crippen LogP contribution in [0.25, 0.3) is 0 Å². The van der Waals surface area contributed by atoms with Crippen LogP contribution >= 0.6 is 0 Å². The van der Waals surface area contributed by atoms with Crippen LogP contribution in [0.3, 0.4) is 0 Å². The smallest absolute Gasteiger partial charge is 0.320 e. The molecule has 0 aromatic carbocycles. The Kier molecular flexibility index (Phi) is 6.08. The monoisotopic (exact) mass is 268 g/mol. The summed E-state index contributed by atoms with van der Waals surface area (Å²) in [6.07, 6.45) is 2.80. The number of hydrogen-bond acceptors (Lipinski definition) is 4. The molecule has 0 aliphatic rings. The van der Waals surface area contributed by atoms with Gasteiger partial charge in [0.15, 0.2) is 0 Å². The Morgan fingerprint density at radius 3 is 2.79 bits per heavy atom. The molecule has 19 heavy (non-hydrogen) atoms. The Balaban J connectivity index is 2.39. The summed E-state index contributed by atoms with van der Waals surface area (Å²) >= 11 is 0. The van der Waals surface area contributed by atoms with Gasteiger partial charge in [-0.25, -0.2) is 0 Å². The van der Waals surface area contributed by atoms with Gasteiger partial charge in [-0.2, -0.15) is 0 Å². The standard InChI is InChI=1S/C13H20N2O4/c1-3-5-11(13(17)18)14-8-12(16)15(2)9-10-6-4-7-19-10/h4,6-7,11,14H,3,5,8-9H2,1-2H3,(H,17,18). The first kappa shape index (κ1) is 15.2. The number of hydrogen-bond donors (Lipinski definition) is 2. The molecule has 0 aliphatic carbocycles. The van der Waals surface area contributed by atoms with Crippen molar-refractivity contribution in [2.24, 2.45) is 0 Å². The molecule has 6 heteroatoms. The van der Waals surface area contributed by atoms with E-state index >= 15 is 0 Å². The van der Waals surface area contributed by atoms with Gasteiger partial charge in [0, 0.05) is 7.05 Å². The lowest BCUT2D eigenvalue weighted by Gasteiger charge is -2.18. The van der Waals surface area contributed by atoms with Gasteiger partial charge in [-0.1, -0.05) is 13.3 Å². The summed E-state index contributed by atoms with van der Waals surface area (Å²) in [5, 5.41) is 11.7. The second-order valence-corrected chi connectivity index (χ2v) is 4.39. The van der Waals surface area contributed by atoms with E-state index in [9.17, 15) is 9.59 Å². The van der Waals surface area contributed by atoms with Crippen molar-refractivity contribution >= 4 is 11.9 Å². The van der Waals surface area contributed by atoms with Gasteiger partial charge in [-0.05, 0) is 18.6 Å². The molecule has 1 aromatic rings. The van der Waals surface area contributed by atoms with Crippen LogP contribution < -0.4 is 5.32 Å². The summed E-state index contributed by atoms with van der Waals surface area (Å²) in [5.41, 5.74) is 0. The van der Waals surface area contributed by atoms with Crippen molar-refractivity contribution in [2.75, 3.05) is 13.6 Å². The fourth-order valence-corrected chi connectivity index (χ4v) is 1.67. The van der Waals surface area contributed by atoms with E-state index < -0.39 is 12.0 Å². The number of amides is 1. The molecule has 1 aromatic heterocycles. The third-order valence-electron chi connectivity index (χ3n) is 2.77. The van der Waals surface area contributed by atoms with E-state index in [0.29, 0.717) is 18.7 Å². The number of carbonyl (C=O) groups excluding carboxylic acids is 1. The van der Waals surface area contributed by atoms with E-state index in [-0.39, 0.29) is 12.5 Å². The first-order chi connectivity index (χ1) is 9.04. The van der Waals surface area contributed by atoms with E-state index in [1.807, 2.05) is 6.92 Å². The van der Waals surface area contributed by atoms with E-state index in [0.717, 1.165) is 6.42 Å². The van der Waals surface area contributed by atoms with Crippen LogP contribution in [-0.2, 0) is 16.1 Å². The molecule has 2 N–H and O–H groups in total. The average Bonchev–Trinajstić information content (AvgIpc) is 2.86. The lowest BCUT2D eigenvalue weighted by Crippen LogP contribution is -2.43. The minimum atomic E-state index is -0.927. The summed E-state index contributed by atoms with van der Waals surface area (Å²) in [4.78, 5) is 24.3. The van der Waals surface area contributed by atoms with E-state index in [1.54, 1.807) is 25.4 Å². The summed E-state index contributed by atoms with van der Waals surface area (Å²) < 4.78 is 5.15. The molecule has 0 bridgehead atoms. The Labute approximate surface area is 112 Å². The molecule has 6 nitrogen and oxygen atoms in total. The largest absolute Gasteiger partial charge is 0.480 e. The number of nitrogens with one attached hydrogen (secondary N) is 1. The quantitative estimate of drug-likeness (QED) is 0.737. The molecule has 1 heterocycles. The lowest BCUT2D eigenvalue weighted by molar-refractivity contribution is -0.140. The highest BCUT2D eigenvalue weighted by atomic mass is 16.4. The van der Waals surface area contributed by atoms with Gasteiger partial charge in [0.25, 0.3) is 0 Å². The predicted octanol–water partition coefficient (Wildman–Crippen LogP) is 1.08. The number of rotatable bonds is 8. The van der Waals surface area contributed by atoms with Crippen LogP contribution in [0.5, 0.6) is 0 Å². The normalized spacial score (nSPS) is 12.1. The maximum absolute atomic E-state index is 11.8. The molecule has 0 fully saturated rings. The molecule has 0 saturated carbocycles. The van der Waals surface area contributed by atoms with Crippen molar-refractivity contribution in [2.45, 2.75) is 32.4 Å². The molecular formula is C13H20N2O4. The minimum Gasteiger partial charge on any atom is -0.480 e. The maximum atomic E-state index is 11.8. The first-order valence-corrected chi connectivity index (χ1v) is 6.27. The fourth-order valence-electron chi connectivity index (χ4n) is 1.67. The number of aliphatic carboxylic acids is 1. The maximum Gasteiger partial charge on any atom is 0.320 e. The molecule has 0 radical (unpaired) electrons. The second kappa shape index (κ2) is 7.58. The van der Waals surface area contributed by atoms with Crippen LogP contribution in [0.1, 0.15) is 25.5 Å². The van der Waals surface area contributed by atoms with Gasteiger partial charge in [0.05, 0.1) is 19.4 Å². The third kappa shape index (κ3) is 5.13. The third-order valence-corrected chi connectivity index (χ3v) is 2.77. The zero-order valence-corrected chi connectivity index (χ0v) is 11.3. The molecule has 106 valence electrons. The van der Waals surface area contributed by atoms with Crippen LogP contribution in [0, 0.1) is 0 Å². The molecule has 0 spiro atoms. The molecule has 1 rings (SSSR count). The van der Waals surface area contributed by atoms with Gasteiger partial charge >= 0.3 is 5.97 Å². The molecule has 0 aliphatic heterocycles. The Morgan fingerprint density at radius 1 is 1.53 bits per heavy atom. The summed E-state index contributed by atoms with van der Waals surface area (Å²) in [5.74, 6) is -0.402. The van der Waals surface area contributed by atoms with Gasteiger partial charge < -0.3 is 14.4 Å². The van der Waals surface area contributed by atoms with E-state index in [2.05, 4.69) is 5.32 Å². The SMILES string of the molecule is CCCC(NCC(=O)N(C)Cc1ccco1)C(=O)O. The number of nitrogens with zero attached hydrogens (tertiary/aromatic N) is 1. The minimum absolute atomic E-state index is 0.00811. The Morgan fingerprint density at radius 2 is 2.26 bits per heavy atom. The van der Waals surface area contributed by atoms with Crippen molar-refractivity contribution in [1.82, 2.24) is 10.2 Å². The number of carboxylic acids is 1. The van der Waals surface area contributed by atoms with Gasteiger partial charge in [-0.15, -0.1) is 0 Å². The molecule has 1 atom stereocenters. The summed E-state index contributed by atoms with van der Waals surface area (Å²) in [6, 6.07) is 2.87. The van der Waals surface area contributed by atoms with Crippen molar-refractivity contribution in [3.63, 3.8) is 0 Å². The number of carboxylic acid groups (broad SMARTS) is 1. The van der Waals surface area contributed by atoms with Crippen molar-refractivity contribution in [3.8, 4) is 0 Å². The highest BCUT2D eigenvalue weighted by Gasteiger charge is 2.18. The zero-order valence-electron chi connectivity index (χ0n) is 11.3. The Bertz CT molecular complexity index is 403.